The van der Waals surface area contributed by atoms with Gasteiger partial charge in [-0.05, 0) is 56.1 Å². The molecule has 1 saturated heterocycles. The lowest BCUT2D eigenvalue weighted by Crippen LogP contribution is -2.61. The Morgan fingerprint density at radius 2 is 1.40 bits per heavy atom. The summed E-state index contributed by atoms with van der Waals surface area (Å²) in [7, 11) is 3.72. The zero-order chi connectivity index (χ0) is 50.3. The quantitative estimate of drug-likeness (QED) is 0.0355. The number of fused-ring (bicyclic) bond motifs is 2. The number of hydrogen-bond acceptors (Lipinski definition) is 11. The zero-order valence-corrected chi connectivity index (χ0v) is 41.8. The van der Waals surface area contributed by atoms with Crippen LogP contribution in [0.2, 0.25) is 0 Å². The molecule has 68 heavy (non-hydrogen) atoms. The standard InChI is InChI=1S/C46H80N12O9S/c1-31(2)28-36-44(66)52-29-39(61)54-35-30-58(36)46(67)57-43(65)33(21-22-37(47)59)56-42(64)34(23-26-68-27-25-50-41(35)63)55-40(62)32(3)53-38(60)20-18-16-14-12-10-8-6-7-9-11-13-15-17-19-24-51-45(48-4)49-5/h25,27,31-36H,6-24,26,28-30H2,1-5H3,(H2,47,59)(H,50,63)(H,52,66)(H,53,60)(H,54,61)(H,55,62)(H,56,64)(H2,48,49,51)(H,57,65,67)/b27-25-. The van der Waals surface area contributed by atoms with Crippen molar-refractivity contribution in [3.63, 3.8) is 0 Å². The van der Waals surface area contributed by atoms with E-state index in [9.17, 15) is 43.2 Å². The minimum absolute atomic E-state index is 0.0233. The molecule has 2 heterocycles. The molecule has 384 valence electrons. The largest absolute Gasteiger partial charge is 0.370 e. The second-order valence-corrected chi connectivity index (χ2v) is 18.8. The van der Waals surface area contributed by atoms with E-state index in [4.69, 9.17) is 5.73 Å². The number of nitrogens with one attached hydrogen (secondary N) is 9. The Balaban J connectivity index is 1.95. The molecular weight excluding hydrogens is 897 g/mol. The van der Waals surface area contributed by atoms with E-state index in [2.05, 4.69) is 52.8 Å². The van der Waals surface area contributed by atoms with Crippen molar-refractivity contribution in [2.75, 3.05) is 39.5 Å². The van der Waals surface area contributed by atoms with Crippen molar-refractivity contribution in [1.82, 2.24) is 52.8 Å². The Labute approximate surface area is 406 Å². The summed E-state index contributed by atoms with van der Waals surface area (Å²) in [6.07, 6.45) is 16.9. The Morgan fingerprint density at radius 3 is 1.99 bits per heavy atom. The number of carbonyl (C=O) groups excluding carboxylic acids is 9. The first-order chi connectivity index (χ1) is 32.6. The highest BCUT2D eigenvalue weighted by Gasteiger charge is 2.38. The predicted molar refractivity (Wildman–Crippen MR) is 262 cm³/mol. The summed E-state index contributed by atoms with van der Waals surface area (Å²) in [5, 5.41) is 25.2. The summed E-state index contributed by atoms with van der Waals surface area (Å²) in [6, 6.07) is -7.40. The molecular formula is C46H80N12O9S. The third kappa shape index (κ3) is 24.6. The summed E-state index contributed by atoms with van der Waals surface area (Å²) in [6.45, 7) is 4.99. The Morgan fingerprint density at radius 1 is 0.794 bits per heavy atom. The molecule has 2 aliphatic rings. The highest BCUT2D eigenvalue weighted by molar-refractivity contribution is 8.02. The van der Waals surface area contributed by atoms with Crippen molar-refractivity contribution in [1.29, 1.82) is 0 Å². The van der Waals surface area contributed by atoms with Crippen molar-refractivity contribution in [3.05, 3.63) is 11.6 Å². The summed E-state index contributed by atoms with van der Waals surface area (Å²) in [5.41, 5.74) is 5.38. The molecule has 0 saturated carbocycles. The topological polar surface area (TPSA) is 304 Å². The van der Waals surface area contributed by atoms with Crippen LogP contribution in [0.3, 0.4) is 0 Å². The third-order valence-electron chi connectivity index (χ3n) is 11.5. The minimum Gasteiger partial charge on any atom is -0.370 e. The van der Waals surface area contributed by atoms with Crippen molar-refractivity contribution in [2.45, 2.75) is 173 Å². The molecule has 22 heteroatoms. The van der Waals surface area contributed by atoms with Gasteiger partial charge >= 0.3 is 6.03 Å². The third-order valence-corrected chi connectivity index (χ3v) is 12.3. The van der Waals surface area contributed by atoms with E-state index in [1.54, 1.807) is 13.8 Å². The van der Waals surface area contributed by atoms with E-state index in [1.807, 2.05) is 14.1 Å². The van der Waals surface area contributed by atoms with Crippen molar-refractivity contribution < 1.29 is 43.2 Å². The molecule has 0 spiro atoms. The minimum atomic E-state index is -1.51. The lowest BCUT2D eigenvalue weighted by molar-refractivity contribution is -0.133. The smallest absolute Gasteiger partial charge is 0.324 e. The number of amides is 10. The monoisotopic (exact) mass is 977 g/mol. The molecule has 0 aromatic rings. The summed E-state index contributed by atoms with van der Waals surface area (Å²) in [5.74, 6) is -4.77. The number of nitrogens with two attached hydrogens (primary N) is 1. The van der Waals surface area contributed by atoms with Crippen LogP contribution < -0.4 is 53.6 Å². The number of imide groups is 1. The first-order valence-electron chi connectivity index (χ1n) is 24.4. The zero-order valence-electron chi connectivity index (χ0n) is 40.9. The first-order valence-corrected chi connectivity index (χ1v) is 25.4. The van der Waals surface area contributed by atoms with Crippen LogP contribution >= 0.6 is 11.8 Å². The Bertz CT molecular complexity index is 1710. The second-order valence-electron chi connectivity index (χ2n) is 17.7. The van der Waals surface area contributed by atoms with Crippen LogP contribution in [0.4, 0.5) is 4.79 Å². The fourth-order valence-electron chi connectivity index (χ4n) is 7.64. The molecule has 0 aromatic heterocycles. The number of aliphatic imine (C=N–C) groups is 1. The lowest BCUT2D eigenvalue weighted by Gasteiger charge is -2.33. The van der Waals surface area contributed by atoms with E-state index in [0.717, 1.165) is 43.1 Å². The van der Waals surface area contributed by atoms with E-state index >= 15 is 0 Å². The molecule has 5 unspecified atom stereocenters. The number of rotatable bonds is 25. The van der Waals surface area contributed by atoms with Crippen LogP contribution in [-0.4, -0.2) is 134 Å². The number of primary amides is 1. The maximum Gasteiger partial charge on any atom is 0.324 e. The van der Waals surface area contributed by atoms with Gasteiger partial charge in [0, 0.05) is 39.7 Å². The molecule has 5 atom stereocenters. The van der Waals surface area contributed by atoms with Gasteiger partial charge in [0.2, 0.25) is 41.4 Å². The normalized spacial score (nSPS) is 20.6. The van der Waals surface area contributed by atoms with E-state index in [1.165, 1.54) is 88.1 Å². The fraction of sp³-hybridized carbons (Fsp3) is 0.739. The number of guanidine groups is 1. The Kier molecular flexibility index (Phi) is 29.3. The maximum atomic E-state index is 13.9. The SMILES string of the molecule is CNC(=NCCCCCCCCCCCCCCCCC(=O)NC(C)C(=O)NC1CCS/C=C\NC(=O)C2CN(C(=O)NC(=O)C(CCC(N)=O)NC1=O)C(CC(C)C)C(=O)NCC(=O)N2)NC. The van der Waals surface area contributed by atoms with Crippen molar-refractivity contribution in [3.8, 4) is 0 Å². The van der Waals surface area contributed by atoms with Gasteiger partial charge in [0.25, 0.3) is 5.91 Å². The molecule has 2 rings (SSSR count). The number of unbranched alkanes of at least 4 members (excludes halogenated alkanes) is 13. The molecule has 10 amide bonds. The molecule has 2 bridgehead atoms. The number of carbonyl (C=O) groups is 9. The predicted octanol–water partition coefficient (Wildman–Crippen LogP) is 1.66. The first kappa shape index (κ1) is 58.7. The number of thioether (sulfide) groups is 1. The molecule has 0 radical (unpaired) electrons. The second kappa shape index (κ2) is 34.0. The van der Waals surface area contributed by atoms with E-state index in [0.29, 0.717) is 6.42 Å². The van der Waals surface area contributed by atoms with Crippen LogP contribution in [0.5, 0.6) is 0 Å². The number of nitrogens with zero attached hydrogens (tertiary/aromatic N) is 2. The van der Waals surface area contributed by atoms with Crippen LogP contribution in [0.15, 0.2) is 16.6 Å². The average Bonchev–Trinajstić information content (AvgIpc) is 3.35. The average molecular weight is 977 g/mol. The van der Waals surface area contributed by atoms with Gasteiger partial charge in [-0.2, -0.15) is 0 Å². The van der Waals surface area contributed by atoms with Gasteiger partial charge in [0.1, 0.15) is 30.2 Å². The van der Waals surface area contributed by atoms with Crippen molar-refractivity contribution >= 4 is 71.0 Å². The maximum absolute atomic E-state index is 13.9. The number of urea groups is 1. The van der Waals surface area contributed by atoms with Crippen LogP contribution in [0.25, 0.3) is 0 Å². The summed E-state index contributed by atoms with van der Waals surface area (Å²) >= 11 is 1.18. The summed E-state index contributed by atoms with van der Waals surface area (Å²) in [4.78, 5) is 124. The van der Waals surface area contributed by atoms with E-state index in [-0.39, 0.29) is 49.7 Å². The number of hydrogen-bond donors (Lipinski definition) is 10. The molecule has 0 aromatic carbocycles. The molecule has 11 N–H and O–H groups in total. The van der Waals surface area contributed by atoms with Gasteiger partial charge in [-0.25, -0.2) is 4.79 Å². The Hall–Kier alpha value is -5.41. The molecule has 21 nitrogen and oxygen atoms in total. The van der Waals surface area contributed by atoms with Gasteiger partial charge in [0.15, 0.2) is 5.96 Å². The van der Waals surface area contributed by atoms with Gasteiger partial charge in [-0.15, -0.1) is 11.8 Å². The van der Waals surface area contributed by atoms with Gasteiger partial charge in [-0.3, -0.25) is 48.7 Å². The van der Waals surface area contributed by atoms with Crippen LogP contribution in [0, 0.1) is 5.92 Å². The summed E-state index contributed by atoms with van der Waals surface area (Å²) < 4.78 is 0. The van der Waals surface area contributed by atoms with Gasteiger partial charge in [-0.1, -0.05) is 90.9 Å². The van der Waals surface area contributed by atoms with Crippen LogP contribution in [-0.2, 0) is 38.4 Å². The van der Waals surface area contributed by atoms with Gasteiger partial charge < -0.3 is 53.2 Å². The van der Waals surface area contributed by atoms with E-state index < -0.39 is 90.7 Å². The molecule has 0 aliphatic carbocycles. The molecule has 2 aliphatic heterocycles. The fourth-order valence-corrected chi connectivity index (χ4v) is 8.32. The highest BCUT2D eigenvalue weighted by atomic mass is 32.2. The van der Waals surface area contributed by atoms with Gasteiger partial charge in [0.05, 0.1) is 13.1 Å². The molecule has 1 fully saturated rings. The van der Waals surface area contributed by atoms with Crippen molar-refractivity contribution in [2.24, 2.45) is 16.6 Å². The van der Waals surface area contributed by atoms with Crippen LogP contribution in [0.1, 0.15) is 143 Å². The lowest BCUT2D eigenvalue weighted by atomic mass is 10.0. The highest BCUT2D eigenvalue weighted by Crippen LogP contribution is 2.17.